The standard InChI is InChI=1S/C22H21FN2O2/c23-15-5-6-19-16(12-15)17(13-24-19)21(27)25-9-7-22(8-10-25)18-4-2-1-3-14(18)11-20(22)26/h1-6,12-13,20,24,26H,7-11H2/t20-/m1/s1. The van der Waals surface area contributed by atoms with E-state index in [0.717, 1.165) is 18.4 Å². The molecule has 5 heteroatoms. The Balaban J connectivity index is 1.40. The van der Waals surface area contributed by atoms with Crippen LogP contribution in [0.4, 0.5) is 4.39 Å². The number of aromatic amines is 1. The van der Waals surface area contributed by atoms with E-state index in [1.54, 1.807) is 12.3 Å². The minimum absolute atomic E-state index is 0.0810. The van der Waals surface area contributed by atoms with Crippen LogP contribution in [0.5, 0.6) is 0 Å². The summed E-state index contributed by atoms with van der Waals surface area (Å²) in [6.45, 7) is 1.18. The lowest BCUT2D eigenvalue weighted by Crippen LogP contribution is -2.49. The average Bonchev–Trinajstić information content (AvgIpc) is 3.21. The molecule has 4 nitrogen and oxygen atoms in total. The molecule has 0 bridgehead atoms. The molecule has 0 radical (unpaired) electrons. The molecule has 2 aromatic carbocycles. The lowest BCUT2D eigenvalue weighted by molar-refractivity contribution is 0.0366. The smallest absolute Gasteiger partial charge is 0.256 e. The van der Waals surface area contributed by atoms with Gasteiger partial charge in [-0.1, -0.05) is 24.3 Å². The first-order chi connectivity index (χ1) is 13.1. The molecule has 0 saturated carbocycles. The molecule has 5 rings (SSSR count). The fourth-order valence-corrected chi connectivity index (χ4v) is 4.92. The van der Waals surface area contributed by atoms with Crippen molar-refractivity contribution in [1.82, 2.24) is 9.88 Å². The molecular weight excluding hydrogens is 343 g/mol. The van der Waals surface area contributed by atoms with E-state index < -0.39 is 6.10 Å². The normalized spacial score (nSPS) is 21.0. The van der Waals surface area contributed by atoms with Gasteiger partial charge in [0.15, 0.2) is 0 Å². The number of hydrogen-bond donors (Lipinski definition) is 2. The van der Waals surface area contributed by atoms with Gasteiger partial charge in [0.2, 0.25) is 0 Å². The van der Waals surface area contributed by atoms with Gasteiger partial charge in [0.25, 0.3) is 5.91 Å². The van der Waals surface area contributed by atoms with Gasteiger partial charge in [-0.05, 0) is 48.6 Å². The number of nitrogens with one attached hydrogen (secondary N) is 1. The summed E-state index contributed by atoms with van der Waals surface area (Å²) in [6, 6.07) is 12.7. The molecular formula is C22H21FN2O2. The highest BCUT2D eigenvalue weighted by atomic mass is 19.1. The highest BCUT2D eigenvalue weighted by Crippen LogP contribution is 2.46. The van der Waals surface area contributed by atoms with E-state index in [1.165, 1.54) is 23.3 Å². The quantitative estimate of drug-likeness (QED) is 0.695. The zero-order chi connectivity index (χ0) is 18.6. The van der Waals surface area contributed by atoms with Crippen LogP contribution in [-0.4, -0.2) is 40.1 Å². The summed E-state index contributed by atoms with van der Waals surface area (Å²) in [6.07, 6.45) is 3.44. The summed E-state index contributed by atoms with van der Waals surface area (Å²) < 4.78 is 13.6. The monoisotopic (exact) mass is 364 g/mol. The number of carbonyl (C=O) groups excluding carboxylic acids is 1. The molecule has 0 unspecified atom stereocenters. The minimum Gasteiger partial charge on any atom is -0.392 e. The van der Waals surface area contributed by atoms with Crippen LogP contribution in [0.25, 0.3) is 10.9 Å². The Kier molecular flexibility index (Phi) is 3.62. The van der Waals surface area contributed by atoms with Crippen LogP contribution >= 0.6 is 0 Å². The van der Waals surface area contributed by atoms with E-state index in [-0.39, 0.29) is 17.1 Å². The number of fused-ring (bicyclic) bond motifs is 3. The molecule has 1 aromatic heterocycles. The van der Waals surface area contributed by atoms with E-state index in [2.05, 4.69) is 17.1 Å². The Morgan fingerprint density at radius 1 is 1.19 bits per heavy atom. The second-order valence-electron chi connectivity index (χ2n) is 7.72. The molecule has 27 heavy (non-hydrogen) atoms. The van der Waals surface area contributed by atoms with Gasteiger partial charge in [0.1, 0.15) is 5.82 Å². The molecule has 1 aliphatic heterocycles. The summed E-state index contributed by atoms with van der Waals surface area (Å²) in [5.74, 6) is -0.429. The molecule has 1 amide bonds. The van der Waals surface area contributed by atoms with Gasteiger partial charge in [-0.15, -0.1) is 0 Å². The second-order valence-corrected chi connectivity index (χ2v) is 7.72. The van der Waals surface area contributed by atoms with Crippen molar-refractivity contribution in [3.8, 4) is 0 Å². The molecule has 1 spiro atoms. The third-order valence-corrected chi connectivity index (χ3v) is 6.42. The maximum absolute atomic E-state index is 13.6. The van der Waals surface area contributed by atoms with Gasteiger partial charge < -0.3 is 15.0 Å². The van der Waals surface area contributed by atoms with Crippen LogP contribution in [0, 0.1) is 5.82 Å². The van der Waals surface area contributed by atoms with Crippen molar-refractivity contribution in [3.63, 3.8) is 0 Å². The van der Waals surface area contributed by atoms with Gasteiger partial charge in [0.05, 0.1) is 11.7 Å². The Labute approximate surface area is 156 Å². The van der Waals surface area contributed by atoms with Crippen molar-refractivity contribution >= 4 is 16.8 Å². The van der Waals surface area contributed by atoms with E-state index in [1.807, 2.05) is 17.0 Å². The van der Waals surface area contributed by atoms with E-state index in [9.17, 15) is 14.3 Å². The third-order valence-electron chi connectivity index (χ3n) is 6.42. The number of aromatic nitrogens is 1. The fourth-order valence-electron chi connectivity index (χ4n) is 4.92. The number of carbonyl (C=O) groups is 1. The first-order valence-corrected chi connectivity index (χ1v) is 9.41. The molecule has 1 atom stereocenters. The number of aliphatic hydroxyl groups is 1. The number of nitrogens with zero attached hydrogens (tertiary/aromatic N) is 1. The van der Waals surface area contributed by atoms with Crippen molar-refractivity contribution in [3.05, 3.63) is 71.2 Å². The van der Waals surface area contributed by atoms with Crippen molar-refractivity contribution in [2.75, 3.05) is 13.1 Å². The average molecular weight is 364 g/mol. The number of halogens is 1. The summed E-state index contributed by atoms with van der Waals surface area (Å²) in [4.78, 5) is 17.9. The van der Waals surface area contributed by atoms with Crippen molar-refractivity contribution in [2.45, 2.75) is 30.8 Å². The molecule has 2 aliphatic rings. The van der Waals surface area contributed by atoms with Gasteiger partial charge in [-0.25, -0.2) is 4.39 Å². The highest BCUT2D eigenvalue weighted by Gasteiger charge is 2.48. The topological polar surface area (TPSA) is 56.3 Å². The van der Waals surface area contributed by atoms with Crippen LogP contribution in [0.3, 0.4) is 0 Å². The predicted molar refractivity (Wildman–Crippen MR) is 101 cm³/mol. The SMILES string of the molecule is O=C(c1c[nH]c2ccc(F)cc12)N1CCC2(CC1)c1ccccc1C[C@H]2O. The van der Waals surface area contributed by atoms with Crippen LogP contribution < -0.4 is 0 Å². The number of aliphatic hydroxyl groups excluding tert-OH is 1. The highest BCUT2D eigenvalue weighted by molar-refractivity contribution is 6.06. The molecule has 1 saturated heterocycles. The number of hydrogen-bond acceptors (Lipinski definition) is 2. The summed E-state index contributed by atoms with van der Waals surface area (Å²) in [5.41, 5.74) is 3.47. The summed E-state index contributed by atoms with van der Waals surface area (Å²) >= 11 is 0. The number of likely N-dealkylation sites (tertiary alicyclic amines) is 1. The second kappa shape index (κ2) is 5.92. The van der Waals surface area contributed by atoms with E-state index in [0.29, 0.717) is 30.5 Å². The maximum atomic E-state index is 13.6. The lowest BCUT2D eigenvalue weighted by atomic mass is 9.72. The number of piperidine rings is 1. The van der Waals surface area contributed by atoms with Gasteiger partial charge in [0, 0.05) is 35.6 Å². The Bertz CT molecular complexity index is 1030. The van der Waals surface area contributed by atoms with Crippen LogP contribution in [-0.2, 0) is 11.8 Å². The zero-order valence-electron chi connectivity index (χ0n) is 14.9. The minimum atomic E-state index is -0.394. The number of H-pyrrole nitrogens is 1. The van der Waals surface area contributed by atoms with E-state index >= 15 is 0 Å². The van der Waals surface area contributed by atoms with Crippen LogP contribution in [0.2, 0.25) is 0 Å². The molecule has 1 aliphatic carbocycles. The third kappa shape index (κ3) is 2.42. The first-order valence-electron chi connectivity index (χ1n) is 9.41. The lowest BCUT2D eigenvalue weighted by Gasteiger charge is -2.42. The van der Waals surface area contributed by atoms with Gasteiger partial charge in [-0.3, -0.25) is 4.79 Å². The molecule has 1 fully saturated rings. The first kappa shape index (κ1) is 16.5. The summed E-state index contributed by atoms with van der Waals surface area (Å²) in [7, 11) is 0. The van der Waals surface area contributed by atoms with Crippen LogP contribution in [0.15, 0.2) is 48.7 Å². The fraction of sp³-hybridized carbons (Fsp3) is 0.318. The molecule has 138 valence electrons. The molecule has 3 aromatic rings. The number of rotatable bonds is 1. The Morgan fingerprint density at radius 3 is 2.78 bits per heavy atom. The van der Waals surface area contributed by atoms with Crippen molar-refractivity contribution in [2.24, 2.45) is 0 Å². The molecule has 2 heterocycles. The zero-order valence-corrected chi connectivity index (χ0v) is 14.9. The largest absolute Gasteiger partial charge is 0.392 e. The van der Waals surface area contributed by atoms with Crippen molar-refractivity contribution in [1.29, 1.82) is 0 Å². The summed E-state index contributed by atoms with van der Waals surface area (Å²) in [5, 5.41) is 11.4. The predicted octanol–water partition coefficient (Wildman–Crippen LogP) is 3.40. The molecule has 2 N–H and O–H groups in total. The maximum Gasteiger partial charge on any atom is 0.256 e. The van der Waals surface area contributed by atoms with Gasteiger partial charge in [-0.2, -0.15) is 0 Å². The van der Waals surface area contributed by atoms with Crippen molar-refractivity contribution < 1.29 is 14.3 Å². The van der Waals surface area contributed by atoms with Gasteiger partial charge >= 0.3 is 0 Å². The number of benzene rings is 2. The number of amides is 1. The van der Waals surface area contributed by atoms with E-state index in [4.69, 9.17) is 0 Å². The Hall–Kier alpha value is -2.66. The van der Waals surface area contributed by atoms with Crippen LogP contribution in [0.1, 0.15) is 34.3 Å². The Morgan fingerprint density at radius 2 is 1.96 bits per heavy atom.